The maximum absolute atomic E-state index is 13.8. The van der Waals surface area contributed by atoms with Crippen LogP contribution in [-0.4, -0.2) is 70.8 Å². The quantitative estimate of drug-likeness (QED) is 0.250. The molecule has 8 N–H and O–H groups in total. The summed E-state index contributed by atoms with van der Waals surface area (Å²) >= 11 is 0. The number of carbonyl (C=O) groups is 3. The molecule has 5 rings (SSSR count). The highest BCUT2D eigenvalue weighted by Gasteiger charge is 2.44. The zero-order valence-corrected chi connectivity index (χ0v) is 20.9. The van der Waals surface area contributed by atoms with Crippen LogP contribution in [0.15, 0.2) is 18.2 Å². The lowest BCUT2D eigenvalue weighted by atomic mass is 9.73. The van der Waals surface area contributed by atoms with Crippen LogP contribution in [0.1, 0.15) is 68.8 Å². The van der Waals surface area contributed by atoms with E-state index >= 15 is 0 Å². The van der Waals surface area contributed by atoms with Gasteiger partial charge < -0.3 is 41.6 Å². The number of rotatable bonds is 6. The van der Waals surface area contributed by atoms with Gasteiger partial charge in [-0.3, -0.25) is 14.4 Å². The van der Waals surface area contributed by atoms with Gasteiger partial charge >= 0.3 is 0 Å². The van der Waals surface area contributed by atoms with Crippen LogP contribution >= 0.6 is 0 Å². The molecule has 1 fully saturated rings. The Kier molecular flexibility index (Phi) is 6.97. The van der Waals surface area contributed by atoms with E-state index in [1.165, 1.54) is 13.0 Å². The van der Waals surface area contributed by atoms with Gasteiger partial charge in [-0.2, -0.15) is 0 Å². The average Bonchev–Trinajstić information content (AvgIpc) is 2.89. The Morgan fingerprint density at radius 1 is 1.13 bits per heavy atom. The molecule has 2 aromatic carbocycles. The molecule has 1 saturated heterocycles. The number of fused-ring (bicyclic) bond motifs is 3. The van der Waals surface area contributed by atoms with Crippen LogP contribution in [0.3, 0.4) is 0 Å². The van der Waals surface area contributed by atoms with Crippen molar-refractivity contribution < 1.29 is 39.2 Å². The van der Waals surface area contributed by atoms with Crippen LogP contribution in [0.25, 0.3) is 0 Å². The van der Waals surface area contributed by atoms with Crippen molar-refractivity contribution in [3.8, 4) is 11.5 Å². The van der Waals surface area contributed by atoms with Crippen molar-refractivity contribution >= 4 is 23.0 Å². The van der Waals surface area contributed by atoms with E-state index in [0.717, 1.165) is 0 Å². The minimum Gasteiger partial charge on any atom is -0.507 e. The first-order chi connectivity index (χ1) is 18.1. The molecule has 0 saturated carbocycles. The second-order valence-electron chi connectivity index (χ2n) is 10.0. The molecule has 0 bridgehead atoms. The molecule has 0 radical (unpaired) electrons. The first kappa shape index (κ1) is 26.3. The van der Waals surface area contributed by atoms with Crippen molar-refractivity contribution in [1.29, 1.82) is 0 Å². The molecule has 2 aromatic rings. The smallest absolute Gasteiger partial charge is 0.200 e. The van der Waals surface area contributed by atoms with E-state index in [4.69, 9.17) is 20.9 Å². The normalized spacial score (nSPS) is 26.4. The fourth-order valence-electron chi connectivity index (χ4n) is 5.58. The molecule has 202 valence electrons. The molecule has 0 spiro atoms. The third kappa shape index (κ3) is 4.26. The van der Waals surface area contributed by atoms with Crippen LogP contribution < -0.4 is 16.8 Å². The Morgan fingerprint density at radius 2 is 1.87 bits per heavy atom. The molecule has 3 aliphatic rings. The minimum atomic E-state index is -0.939. The monoisotopic (exact) mass is 525 g/mol. The standard InChI is InChI=1S/C27H31N3O8/c1-11(31)12-7-14-21(18(8-12)38-19-9-15(29)17(32)10-37-19)27(36)23-22(25(14)34)24(33)13-3-2-4-16(30-6-5-28)20(13)26(23)35/h2-4,12,15,17-19,30,32,34,36H,5-10,28-29H2,1H3/t12?,15-,17+,18-,19?/m0/s1. The van der Waals surface area contributed by atoms with Crippen LogP contribution in [0.5, 0.6) is 11.5 Å². The molecule has 11 heteroatoms. The van der Waals surface area contributed by atoms with Gasteiger partial charge in [0.2, 0.25) is 0 Å². The Bertz CT molecular complexity index is 1330. The molecule has 11 nitrogen and oxygen atoms in total. The average molecular weight is 526 g/mol. The third-order valence-electron chi connectivity index (χ3n) is 7.61. The molecular weight excluding hydrogens is 494 g/mol. The van der Waals surface area contributed by atoms with Crippen molar-refractivity contribution in [2.45, 2.75) is 50.7 Å². The molecule has 5 atom stereocenters. The van der Waals surface area contributed by atoms with Gasteiger partial charge in [0.05, 0.1) is 35.5 Å². The van der Waals surface area contributed by atoms with Gasteiger partial charge in [0.1, 0.15) is 17.3 Å². The SMILES string of the molecule is CC(=O)C1Cc2c(O)c3c(c(O)c2[C@@H](OC2C[C@H](N)[C@H](O)CO2)C1)C(=O)c1c(NCCN)cccc1C3=O. The number of aromatic hydroxyl groups is 2. The highest BCUT2D eigenvalue weighted by atomic mass is 16.7. The number of phenols is 2. The first-order valence-electron chi connectivity index (χ1n) is 12.6. The highest BCUT2D eigenvalue weighted by molar-refractivity contribution is 6.32. The fourth-order valence-corrected chi connectivity index (χ4v) is 5.58. The topological polar surface area (TPSA) is 194 Å². The summed E-state index contributed by atoms with van der Waals surface area (Å²) in [6.45, 7) is 2.02. The number of ether oxygens (including phenoxy) is 2. The lowest BCUT2D eigenvalue weighted by Gasteiger charge is -2.38. The summed E-state index contributed by atoms with van der Waals surface area (Å²) in [6, 6.07) is 4.15. The van der Waals surface area contributed by atoms with Gasteiger partial charge in [0.15, 0.2) is 17.9 Å². The number of aliphatic hydroxyl groups excluding tert-OH is 1. The van der Waals surface area contributed by atoms with E-state index < -0.39 is 53.5 Å². The summed E-state index contributed by atoms with van der Waals surface area (Å²) in [7, 11) is 0. The third-order valence-corrected chi connectivity index (χ3v) is 7.61. The molecule has 2 unspecified atom stereocenters. The summed E-state index contributed by atoms with van der Waals surface area (Å²) < 4.78 is 11.7. The van der Waals surface area contributed by atoms with Crippen molar-refractivity contribution in [2.75, 3.05) is 25.0 Å². The number of aliphatic hydroxyl groups is 1. The number of nitrogens with two attached hydrogens (primary N) is 2. The summed E-state index contributed by atoms with van der Waals surface area (Å²) in [5.74, 6) is -2.88. The Hall–Kier alpha value is -3.35. The number of hydrogen-bond acceptors (Lipinski definition) is 11. The predicted molar refractivity (Wildman–Crippen MR) is 135 cm³/mol. The van der Waals surface area contributed by atoms with E-state index in [1.54, 1.807) is 12.1 Å². The van der Waals surface area contributed by atoms with E-state index in [-0.39, 0.29) is 65.0 Å². The van der Waals surface area contributed by atoms with Gasteiger partial charge in [-0.25, -0.2) is 0 Å². The fraction of sp³-hybridized carbons (Fsp3) is 0.444. The summed E-state index contributed by atoms with van der Waals surface area (Å²) in [5, 5.41) is 35.8. The van der Waals surface area contributed by atoms with Gasteiger partial charge in [-0.1, -0.05) is 12.1 Å². The van der Waals surface area contributed by atoms with Crippen molar-refractivity contribution in [2.24, 2.45) is 17.4 Å². The van der Waals surface area contributed by atoms with Crippen LogP contribution in [0.4, 0.5) is 5.69 Å². The first-order valence-corrected chi connectivity index (χ1v) is 12.6. The number of anilines is 1. The lowest BCUT2D eigenvalue weighted by molar-refractivity contribution is -0.217. The second kappa shape index (κ2) is 10.1. The zero-order valence-electron chi connectivity index (χ0n) is 20.9. The zero-order chi connectivity index (χ0) is 27.3. The Morgan fingerprint density at radius 3 is 2.55 bits per heavy atom. The number of nitrogens with one attached hydrogen (secondary N) is 1. The molecular formula is C27H31N3O8. The number of carbonyl (C=O) groups excluding carboxylic acids is 3. The Labute approximate surface area is 218 Å². The van der Waals surface area contributed by atoms with E-state index in [0.29, 0.717) is 18.8 Å². The number of hydrogen-bond donors (Lipinski definition) is 6. The van der Waals surface area contributed by atoms with E-state index in [2.05, 4.69) is 5.32 Å². The molecule has 1 aliphatic heterocycles. The number of benzene rings is 2. The van der Waals surface area contributed by atoms with Gasteiger partial charge in [-0.05, 0) is 25.8 Å². The predicted octanol–water partition coefficient (Wildman–Crippen LogP) is 0.888. The van der Waals surface area contributed by atoms with Gasteiger partial charge in [0, 0.05) is 53.8 Å². The van der Waals surface area contributed by atoms with Crippen molar-refractivity contribution in [3.05, 3.63) is 51.6 Å². The number of Topliss-reactive ketones (excluding diaryl/α,β-unsaturated/α-hetero) is 1. The van der Waals surface area contributed by atoms with Crippen LogP contribution in [0.2, 0.25) is 0 Å². The Balaban J connectivity index is 1.64. The van der Waals surface area contributed by atoms with E-state index in [9.17, 15) is 29.7 Å². The lowest BCUT2D eigenvalue weighted by Crippen LogP contribution is -2.47. The van der Waals surface area contributed by atoms with E-state index in [1.807, 2.05) is 0 Å². The van der Waals surface area contributed by atoms with Crippen molar-refractivity contribution in [1.82, 2.24) is 0 Å². The number of phenolic OH excluding ortho intramolecular Hbond substituents is 2. The summed E-state index contributed by atoms with van der Waals surface area (Å²) in [4.78, 5) is 39.8. The second-order valence-corrected chi connectivity index (χ2v) is 10.0. The van der Waals surface area contributed by atoms with Crippen LogP contribution in [0, 0.1) is 5.92 Å². The summed E-state index contributed by atoms with van der Waals surface area (Å²) in [6.07, 6.45) is -2.25. The maximum atomic E-state index is 13.8. The minimum absolute atomic E-state index is 0.0503. The maximum Gasteiger partial charge on any atom is 0.200 e. The van der Waals surface area contributed by atoms with Crippen molar-refractivity contribution in [3.63, 3.8) is 0 Å². The summed E-state index contributed by atoms with van der Waals surface area (Å²) in [5.41, 5.74) is 11.8. The molecule has 38 heavy (non-hydrogen) atoms. The molecule has 1 heterocycles. The molecule has 2 aliphatic carbocycles. The highest BCUT2D eigenvalue weighted by Crippen LogP contribution is 2.51. The van der Waals surface area contributed by atoms with Gasteiger partial charge in [0.25, 0.3) is 0 Å². The molecule has 0 amide bonds. The largest absolute Gasteiger partial charge is 0.507 e. The number of ketones is 3. The van der Waals surface area contributed by atoms with Crippen LogP contribution in [-0.2, 0) is 20.7 Å². The van der Waals surface area contributed by atoms with Gasteiger partial charge in [-0.15, -0.1) is 0 Å². The molecule has 0 aromatic heterocycles.